The lowest BCUT2D eigenvalue weighted by atomic mass is 9.95. The Hall–Kier alpha value is -2.81. The van der Waals surface area contributed by atoms with E-state index in [0.29, 0.717) is 5.52 Å². The van der Waals surface area contributed by atoms with Crippen LogP contribution in [0.4, 0.5) is 4.39 Å². The van der Waals surface area contributed by atoms with Crippen molar-refractivity contribution in [2.45, 2.75) is 51.2 Å². The van der Waals surface area contributed by atoms with Gasteiger partial charge in [-0.3, -0.25) is 18.7 Å². The Kier molecular flexibility index (Phi) is 5.57. The Morgan fingerprint density at radius 2 is 1.93 bits per heavy atom. The van der Waals surface area contributed by atoms with E-state index in [-0.39, 0.29) is 36.1 Å². The standard InChI is InChI=1S/C20H21FN4O3S/c21-15-9-5-4-6-13(15)10-25-19(27)18-16(12-29-23-18)24(20(25)28)11-17(26)22-14-7-2-1-3-8-14/h4-6,9,12,14H,1-3,7-8,10-11H2,(H,22,26). The average molecular weight is 416 g/mol. The highest BCUT2D eigenvalue weighted by Gasteiger charge is 2.20. The normalized spacial score (nSPS) is 14.9. The molecule has 7 nitrogen and oxygen atoms in total. The third-order valence-electron chi connectivity index (χ3n) is 5.31. The molecule has 1 aliphatic rings. The lowest BCUT2D eigenvalue weighted by Crippen LogP contribution is -2.44. The van der Waals surface area contributed by atoms with Crippen LogP contribution in [-0.4, -0.2) is 25.5 Å². The minimum absolute atomic E-state index is 0.108. The molecule has 1 aliphatic carbocycles. The number of amides is 1. The number of nitrogens with one attached hydrogen (secondary N) is 1. The molecule has 2 aromatic heterocycles. The number of fused-ring (bicyclic) bond motifs is 1. The second kappa shape index (κ2) is 8.28. The van der Waals surface area contributed by atoms with Crippen molar-refractivity contribution in [3.8, 4) is 0 Å². The Morgan fingerprint density at radius 3 is 2.69 bits per heavy atom. The Morgan fingerprint density at radius 1 is 1.17 bits per heavy atom. The predicted molar refractivity (Wildman–Crippen MR) is 109 cm³/mol. The molecule has 0 unspecified atom stereocenters. The number of benzene rings is 1. The Bertz CT molecular complexity index is 1160. The van der Waals surface area contributed by atoms with Crippen LogP contribution < -0.4 is 16.6 Å². The molecule has 0 spiro atoms. The molecule has 0 atom stereocenters. The smallest absolute Gasteiger partial charge is 0.332 e. The van der Waals surface area contributed by atoms with Crippen LogP contribution in [-0.2, 0) is 17.9 Å². The molecule has 2 heterocycles. The van der Waals surface area contributed by atoms with Crippen molar-refractivity contribution in [3.05, 3.63) is 61.9 Å². The van der Waals surface area contributed by atoms with Gasteiger partial charge in [0.25, 0.3) is 5.56 Å². The summed E-state index contributed by atoms with van der Waals surface area (Å²) in [7, 11) is 0. The van der Waals surface area contributed by atoms with Gasteiger partial charge in [0.05, 0.1) is 12.1 Å². The molecule has 29 heavy (non-hydrogen) atoms. The van der Waals surface area contributed by atoms with Gasteiger partial charge in [0, 0.05) is 17.0 Å². The molecule has 9 heteroatoms. The molecule has 1 saturated carbocycles. The van der Waals surface area contributed by atoms with Gasteiger partial charge in [-0.25, -0.2) is 9.18 Å². The van der Waals surface area contributed by atoms with Crippen molar-refractivity contribution in [1.82, 2.24) is 18.8 Å². The molecule has 1 aromatic carbocycles. The fourth-order valence-electron chi connectivity index (χ4n) is 3.79. The Labute approximate surface area is 170 Å². The first kappa shape index (κ1) is 19.5. The molecule has 1 amide bonds. The molecule has 152 valence electrons. The van der Waals surface area contributed by atoms with Crippen LogP contribution in [0.25, 0.3) is 11.0 Å². The maximum absolute atomic E-state index is 14.1. The second-order valence-electron chi connectivity index (χ2n) is 7.30. The van der Waals surface area contributed by atoms with Crippen molar-refractivity contribution in [1.29, 1.82) is 0 Å². The quantitative estimate of drug-likeness (QED) is 0.691. The van der Waals surface area contributed by atoms with Crippen LogP contribution in [0.3, 0.4) is 0 Å². The van der Waals surface area contributed by atoms with Gasteiger partial charge >= 0.3 is 5.69 Å². The summed E-state index contributed by atoms with van der Waals surface area (Å²) in [4.78, 5) is 38.4. The zero-order chi connectivity index (χ0) is 20.4. The summed E-state index contributed by atoms with van der Waals surface area (Å²) >= 11 is 1.04. The summed E-state index contributed by atoms with van der Waals surface area (Å²) in [6.07, 6.45) is 5.20. The number of halogens is 1. The first-order valence-corrected chi connectivity index (χ1v) is 10.5. The first-order valence-electron chi connectivity index (χ1n) is 9.65. The van der Waals surface area contributed by atoms with Gasteiger partial charge in [0.2, 0.25) is 5.91 Å². The minimum atomic E-state index is -0.648. The highest BCUT2D eigenvalue weighted by molar-refractivity contribution is 7.04. The molecule has 3 aromatic rings. The molecule has 0 bridgehead atoms. The molecule has 0 saturated heterocycles. The largest absolute Gasteiger partial charge is 0.352 e. The van der Waals surface area contributed by atoms with Crippen LogP contribution in [0.1, 0.15) is 37.7 Å². The van der Waals surface area contributed by atoms with Crippen LogP contribution in [0.5, 0.6) is 0 Å². The van der Waals surface area contributed by atoms with Crippen LogP contribution in [0.2, 0.25) is 0 Å². The van der Waals surface area contributed by atoms with E-state index in [1.165, 1.54) is 23.1 Å². The fourth-order valence-corrected chi connectivity index (χ4v) is 4.46. The summed E-state index contributed by atoms with van der Waals surface area (Å²) in [5.41, 5.74) is -0.576. The minimum Gasteiger partial charge on any atom is -0.352 e. The van der Waals surface area contributed by atoms with Crippen molar-refractivity contribution in [3.63, 3.8) is 0 Å². The van der Waals surface area contributed by atoms with Gasteiger partial charge in [-0.05, 0) is 30.4 Å². The van der Waals surface area contributed by atoms with Crippen molar-refractivity contribution in [2.24, 2.45) is 0 Å². The lowest BCUT2D eigenvalue weighted by Gasteiger charge is -2.23. The van der Waals surface area contributed by atoms with Gasteiger partial charge in [-0.1, -0.05) is 37.5 Å². The number of nitrogens with zero attached hydrogens (tertiary/aromatic N) is 3. The van der Waals surface area contributed by atoms with Crippen molar-refractivity contribution < 1.29 is 9.18 Å². The third kappa shape index (κ3) is 4.00. The molecule has 0 aliphatic heterocycles. The van der Waals surface area contributed by atoms with E-state index in [9.17, 15) is 18.8 Å². The molecule has 4 rings (SSSR count). The molecular weight excluding hydrogens is 395 g/mol. The summed E-state index contributed by atoms with van der Waals surface area (Å²) in [5.74, 6) is -0.777. The van der Waals surface area contributed by atoms with Gasteiger partial charge in [0.15, 0.2) is 5.52 Å². The second-order valence-corrected chi connectivity index (χ2v) is 7.93. The lowest BCUT2D eigenvalue weighted by molar-refractivity contribution is -0.122. The van der Waals surface area contributed by atoms with Crippen molar-refractivity contribution >= 4 is 28.5 Å². The monoisotopic (exact) mass is 416 g/mol. The van der Waals surface area contributed by atoms with E-state index in [1.54, 1.807) is 17.5 Å². The Balaban J connectivity index is 1.69. The highest BCUT2D eigenvalue weighted by Crippen LogP contribution is 2.17. The van der Waals surface area contributed by atoms with Crippen molar-refractivity contribution in [2.75, 3.05) is 0 Å². The first-order chi connectivity index (χ1) is 14.0. The molecule has 1 N–H and O–H groups in total. The number of carbonyl (C=O) groups excluding carboxylic acids is 1. The zero-order valence-electron chi connectivity index (χ0n) is 15.8. The number of hydrogen-bond acceptors (Lipinski definition) is 5. The fraction of sp³-hybridized carbons (Fsp3) is 0.400. The van der Waals surface area contributed by atoms with Gasteiger partial charge in [-0.15, -0.1) is 0 Å². The SMILES string of the molecule is O=C(Cn1c(=O)n(Cc2ccccc2F)c(=O)c2nscc21)NC1CCCCC1. The summed E-state index contributed by atoms with van der Waals surface area (Å²) < 4.78 is 20.3. The third-order valence-corrected chi connectivity index (χ3v) is 5.93. The van der Waals surface area contributed by atoms with E-state index in [4.69, 9.17) is 0 Å². The number of rotatable bonds is 5. The molecular formula is C20H21FN4O3S. The van der Waals surface area contributed by atoms with Crippen LogP contribution in [0, 0.1) is 5.82 Å². The summed E-state index contributed by atoms with van der Waals surface area (Å²) in [6, 6.07) is 6.09. The average Bonchev–Trinajstić information content (AvgIpc) is 3.20. The molecule has 0 radical (unpaired) electrons. The molecule has 1 fully saturated rings. The van der Waals surface area contributed by atoms with E-state index < -0.39 is 17.1 Å². The van der Waals surface area contributed by atoms with Gasteiger partial charge < -0.3 is 5.32 Å². The summed E-state index contributed by atoms with van der Waals surface area (Å²) in [5, 5.41) is 4.56. The summed E-state index contributed by atoms with van der Waals surface area (Å²) in [6.45, 7) is -0.427. The van der Waals surface area contributed by atoms with Crippen LogP contribution in [0.15, 0.2) is 39.2 Å². The van der Waals surface area contributed by atoms with Crippen LogP contribution >= 0.6 is 11.5 Å². The number of carbonyl (C=O) groups is 1. The topological polar surface area (TPSA) is 86.0 Å². The predicted octanol–water partition coefficient (Wildman–Crippen LogP) is 2.26. The van der Waals surface area contributed by atoms with E-state index in [0.717, 1.165) is 41.8 Å². The van der Waals surface area contributed by atoms with E-state index in [1.807, 2.05) is 0 Å². The number of aromatic nitrogens is 3. The maximum Gasteiger partial charge on any atom is 0.332 e. The highest BCUT2D eigenvalue weighted by atomic mass is 32.1. The van der Waals surface area contributed by atoms with Gasteiger partial charge in [0.1, 0.15) is 12.4 Å². The zero-order valence-corrected chi connectivity index (χ0v) is 16.6. The van der Waals surface area contributed by atoms with Gasteiger partial charge in [-0.2, -0.15) is 4.37 Å². The maximum atomic E-state index is 14.1. The number of hydrogen-bond donors (Lipinski definition) is 1. The van der Waals surface area contributed by atoms with E-state index >= 15 is 0 Å². The van der Waals surface area contributed by atoms with E-state index in [2.05, 4.69) is 9.69 Å².